The number of nitrogens with two attached hydrogens (primary N) is 1. The summed E-state index contributed by atoms with van der Waals surface area (Å²) in [6.45, 7) is 5.15. The van der Waals surface area contributed by atoms with Crippen molar-refractivity contribution in [2.24, 2.45) is 11.1 Å². The van der Waals surface area contributed by atoms with Crippen LogP contribution in [0.3, 0.4) is 0 Å². The molecule has 1 fully saturated rings. The molecule has 2 heterocycles. The second-order valence-electron chi connectivity index (χ2n) is 7.06. The third kappa shape index (κ3) is 3.46. The van der Waals surface area contributed by atoms with E-state index in [0.717, 1.165) is 11.1 Å². The predicted molar refractivity (Wildman–Crippen MR) is 92.1 cm³/mol. The first-order chi connectivity index (χ1) is 11.8. The number of hydrogen-bond donors (Lipinski definition) is 1. The molecule has 0 radical (unpaired) electrons. The average Bonchev–Trinajstić information content (AvgIpc) is 2.58. The number of aromatic nitrogens is 2. The predicted octanol–water partition coefficient (Wildman–Crippen LogP) is 1.57. The molecule has 1 amide bonds. The SMILES string of the molecule is CC1(C)CN(C(=O)c2ccc(=O)n(-c3ccc(F)cc3)n2)CCC1N. The van der Waals surface area contributed by atoms with Gasteiger partial charge >= 0.3 is 0 Å². The number of rotatable bonds is 2. The van der Waals surface area contributed by atoms with E-state index in [1.807, 2.05) is 13.8 Å². The summed E-state index contributed by atoms with van der Waals surface area (Å²) < 4.78 is 14.2. The molecule has 2 N–H and O–H groups in total. The highest BCUT2D eigenvalue weighted by Crippen LogP contribution is 2.28. The molecule has 2 aromatic rings. The summed E-state index contributed by atoms with van der Waals surface area (Å²) in [5.74, 6) is -0.647. The lowest BCUT2D eigenvalue weighted by Gasteiger charge is -2.42. The molecular formula is C18H21FN4O2. The van der Waals surface area contributed by atoms with Crippen LogP contribution in [0.4, 0.5) is 4.39 Å². The minimum absolute atomic E-state index is 0.0395. The second-order valence-corrected chi connectivity index (χ2v) is 7.06. The van der Waals surface area contributed by atoms with E-state index in [0.29, 0.717) is 18.8 Å². The molecule has 1 aromatic carbocycles. The van der Waals surface area contributed by atoms with Crippen LogP contribution in [0.2, 0.25) is 0 Å². The smallest absolute Gasteiger partial charge is 0.274 e. The van der Waals surface area contributed by atoms with E-state index in [2.05, 4.69) is 5.10 Å². The quantitative estimate of drug-likeness (QED) is 0.897. The Morgan fingerprint density at radius 1 is 1.24 bits per heavy atom. The van der Waals surface area contributed by atoms with Crippen LogP contribution in [0.15, 0.2) is 41.2 Å². The summed E-state index contributed by atoms with van der Waals surface area (Å²) in [7, 11) is 0. The Morgan fingerprint density at radius 3 is 2.56 bits per heavy atom. The number of nitrogens with zero attached hydrogens (tertiary/aromatic N) is 3. The van der Waals surface area contributed by atoms with E-state index in [1.165, 1.54) is 36.4 Å². The van der Waals surface area contributed by atoms with Crippen LogP contribution in [0, 0.1) is 11.2 Å². The molecule has 1 atom stereocenters. The number of likely N-dealkylation sites (tertiary alicyclic amines) is 1. The van der Waals surface area contributed by atoms with Crippen molar-refractivity contribution in [2.45, 2.75) is 26.3 Å². The van der Waals surface area contributed by atoms with Gasteiger partial charge in [0.2, 0.25) is 0 Å². The second kappa shape index (κ2) is 6.40. The fourth-order valence-electron chi connectivity index (χ4n) is 3.00. The van der Waals surface area contributed by atoms with Gasteiger partial charge in [0.25, 0.3) is 11.5 Å². The Kier molecular flexibility index (Phi) is 4.43. The van der Waals surface area contributed by atoms with Gasteiger partial charge in [-0.1, -0.05) is 13.8 Å². The maximum atomic E-state index is 13.1. The Morgan fingerprint density at radius 2 is 1.92 bits per heavy atom. The van der Waals surface area contributed by atoms with Gasteiger partial charge in [0, 0.05) is 25.2 Å². The molecule has 0 saturated carbocycles. The van der Waals surface area contributed by atoms with Gasteiger partial charge in [-0.2, -0.15) is 9.78 Å². The van der Waals surface area contributed by atoms with Gasteiger partial charge in [-0.3, -0.25) is 9.59 Å². The van der Waals surface area contributed by atoms with Gasteiger partial charge < -0.3 is 10.6 Å². The van der Waals surface area contributed by atoms with Crippen molar-refractivity contribution >= 4 is 5.91 Å². The number of piperidine rings is 1. The van der Waals surface area contributed by atoms with Gasteiger partial charge in [-0.15, -0.1) is 0 Å². The molecule has 0 bridgehead atoms. The van der Waals surface area contributed by atoms with Crippen LogP contribution in [-0.2, 0) is 0 Å². The molecule has 1 aliphatic rings. The summed E-state index contributed by atoms with van der Waals surface area (Å²) in [6, 6.07) is 8.13. The highest BCUT2D eigenvalue weighted by atomic mass is 19.1. The molecule has 7 heteroatoms. The van der Waals surface area contributed by atoms with Crippen LogP contribution in [0.1, 0.15) is 30.8 Å². The molecule has 25 heavy (non-hydrogen) atoms. The van der Waals surface area contributed by atoms with Gasteiger partial charge in [0.05, 0.1) is 5.69 Å². The molecule has 1 aliphatic heterocycles. The van der Waals surface area contributed by atoms with Gasteiger partial charge in [-0.05, 0) is 42.2 Å². The van der Waals surface area contributed by atoms with Crippen LogP contribution >= 0.6 is 0 Å². The van der Waals surface area contributed by atoms with Crippen LogP contribution in [-0.4, -0.2) is 39.7 Å². The van der Waals surface area contributed by atoms with E-state index in [4.69, 9.17) is 5.73 Å². The van der Waals surface area contributed by atoms with E-state index >= 15 is 0 Å². The summed E-state index contributed by atoms with van der Waals surface area (Å²) in [5, 5.41) is 4.17. The van der Waals surface area contributed by atoms with Gasteiger partial charge in [0.1, 0.15) is 11.5 Å². The first kappa shape index (κ1) is 17.3. The van der Waals surface area contributed by atoms with Crippen LogP contribution < -0.4 is 11.3 Å². The topological polar surface area (TPSA) is 81.2 Å². The molecule has 6 nitrogen and oxygen atoms in total. The zero-order valence-corrected chi connectivity index (χ0v) is 14.3. The van der Waals surface area contributed by atoms with Crippen molar-refractivity contribution in [1.82, 2.24) is 14.7 Å². The summed E-state index contributed by atoms with van der Waals surface area (Å²) in [5.41, 5.74) is 6.13. The largest absolute Gasteiger partial charge is 0.337 e. The maximum Gasteiger partial charge on any atom is 0.274 e. The maximum absolute atomic E-state index is 13.1. The molecule has 1 unspecified atom stereocenters. The minimum atomic E-state index is -0.407. The third-order valence-corrected chi connectivity index (χ3v) is 4.69. The van der Waals surface area contributed by atoms with Crippen molar-refractivity contribution < 1.29 is 9.18 Å². The van der Waals surface area contributed by atoms with E-state index in [9.17, 15) is 14.0 Å². The molecule has 0 spiro atoms. The molecular weight excluding hydrogens is 323 g/mol. The third-order valence-electron chi connectivity index (χ3n) is 4.69. The highest BCUT2D eigenvalue weighted by Gasteiger charge is 2.36. The highest BCUT2D eigenvalue weighted by molar-refractivity contribution is 5.92. The number of benzene rings is 1. The van der Waals surface area contributed by atoms with Gasteiger partial charge in [-0.25, -0.2) is 4.39 Å². The van der Waals surface area contributed by atoms with Crippen molar-refractivity contribution in [3.63, 3.8) is 0 Å². The molecule has 1 saturated heterocycles. The molecule has 132 valence electrons. The Hall–Kier alpha value is -2.54. The fraction of sp³-hybridized carbons (Fsp3) is 0.389. The minimum Gasteiger partial charge on any atom is -0.337 e. The zero-order valence-electron chi connectivity index (χ0n) is 14.3. The lowest BCUT2D eigenvalue weighted by atomic mass is 9.79. The number of hydrogen-bond acceptors (Lipinski definition) is 4. The number of halogens is 1. The average molecular weight is 344 g/mol. The first-order valence-corrected chi connectivity index (χ1v) is 8.19. The lowest BCUT2D eigenvalue weighted by molar-refractivity contribution is 0.0525. The van der Waals surface area contributed by atoms with Crippen molar-refractivity contribution in [3.8, 4) is 5.69 Å². The molecule has 0 aliphatic carbocycles. The monoisotopic (exact) mass is 344 g/mol. The van der Waals surface area contributed by atoms with E-state index in [-0.39, 0.29) is 28.6 Å². The van der Waals surface area contributed by atoms with Gasteiger partial charge in [0.15, 0.2) is 0 Å². The number of carbonyl (C=O) groups is 1. The van der Waals surface area contributed by atoms with Crippen molar-refractivity contribution in [2.75, 3.05) is 13.1 Å². The lowest BCUT2D eigenvalue weighted by Crippen LogP contribution is -2.54. The number of amides is 1. The molecule has 3 rings (SSSR count). The van der Waals surface area contributed by atoms with Crippen LogP contribution in [0.5, 0.6) is 0 Å². The van der Waals surface area contributed by atoms with Crippen molar-refractivity contribution in [3.05, 3.63) is 58.3 Å². The van der Waals surface area contributed by atoms with Crippen LogP contribution in [0.25, 0.3) is 5.69 Å². The van der Waals surface area contributed by atoms with E-state index < -0.39 is 5.82 Å². The summed E-state index contributed by atoms with van der Waals surface area (Å²) in [6.07, 6.45) is 0.719. The standard InChI is InChI=1S/C18H21FN4O2/c1-18(2)11-22(10-9-15(18)20)17(25)14-7-8-16(24)23(21-14)13-5-3-12(19)4-6-13/h3-8,15H,9-11,20H2,1-2H3. The fourth-order valence-corrected chi connectivity index (χ4v) is 3.00. The van der Waals surface area contributed by atoms with Crippen molar-refractivity contribution in [1.29, 1.82) is 0 Å². The summed E-state index contributed by atoms with van der Waals surface area (Å²) >= 11 is 0. The normalized spacial score (nSPS) is 19.7. The Balaban J connectivity index is 1.90. The Labute approximate surface area is 145 Å². The number of carbonyl (C=O) groups excluding carboxylic acids is 1. The molecule has 1 aromatic heterocycles. The van der Waals surface area contributed by atoms with E-state index in [1.54, 1.807) is 4.90 Å². The zero-order chi connectivity index (χ0) is 18.2. The first-order valence-electron chi connectivity index (χ1n) is 8.19. The Bertz CT molecular complexity index is 845. The summed E-state index contributed by atoms with van der Waals surface area (Å²) in [4.78, 5) is 26.6.